The Morgan fingerprint density at radius 1 is 0.875 bits per heavy atom. The number of rotatable bonds is 6. The zero-order chi connectivity index (χ0) is 22.3. The maximum atomic E-state index is 13.4. The molecule has 6 heteroatoms. The fourth-order valence-electron chi connectivity index (χ4n) is 3.11. The van der Waals surface area contributed by atoms with Crippen LogP contribution in [0, 0.1) is 11.6 Å². The highest BCUT2D eigenvalue weighted by molar-refractivity contribution is 5.93. The first-order valence-electron chi connectivity index (χ1n) is 9.98. The maximum Gasteiger partial charge on any atom is 0.230 e. The topological polar surface area (TPSA) is 54.9 Å². The molecule has 3 aromatic carbocycles. The van der Waals surface area contributed by atoms with E-state index < -0.39 is 17.5 Å². The number of anilines is 1. The van der Waals surface area contributed by atoms with Crippen LogP contribution in [0.15, 0.2) is 85.1 Å². The molecule has 0 fully saturated rings. The fourth-order valence-corrected chi connectivity index (χ4v) is 3.11. The zero-order valence-corrected chi connectivity index (χ0v) is 17.0. The Labute approximate surface area is 184 Å². The van der Waals surface area contributed by atoms with Crippen LogP contribution in [0.2, 0.25) is 0 Å². The number of halogens is 2. The van der Waals surface area contributed by atoms with Gasteiger partial charge in [-0.25, -0.2) is 18.7 Å². The molecular weight excluding hydrogens is 408 g/mol. The largest absolute Gasteiger partial charge is 0.309 e. The van der Waals surface area contributed by atoms with E-state index in [-0.39, 0.29) is 12.2 Å². The molecular formula is C26H19F2N3O. The molecule has 158 valence electrons. The molecule has 0 radical (unpaired) electrons. The van der Waals surface area contributed by atoms with Crippen LogP contribution in [-0.4, -0.2) is 15.9 Å². The number of amides is 1. The van der Waals surface area contributed by atoms with Gasteiger partial charge in [-0.2, -0.15) is 0 Å². The molecule has 1 heterocycles. The molecule has 0 bridgehead atoms. The number of aromatic nitrogens is 2. The average molecular weight is 427 g/mol. The number of hydrogen-bond donors (Lipinski definition) is 1. The molecule has 4 nitrogen and oxygen atoms in total. The van der Waals surface area contributed by atoms with Crippen molar-refractivity contribution in [2.24, 2.45) is 0 Å². The van der Waals surface area contributed by atoms with E-state index in [0.29, 0.717) is 17.0 Å². The van der Waals surface area contributed by atoms with Crippen molar-refractivity contribution < 1.29 is 13.6 Å². The highest BCUT2D eigenvalue weighted by Crippen LogP contribution is 2.21. The Balaban J connectivity index is 1.61. The van der Waals surface area contributed by atoms with Crippen LogP contribution < -0.4 is 5.32 Å². The monoisotopic (exact) mass is 427 g/mol. The number of carbonyl (C=O) groups is 1. The predicted molar refractivity (Wildman–Crippen MR) is 122 cm³/mol. The van der Waals surface area contributed by atoms with E-state index in [1.54, 1.807) is 12.3 Å². The second-order valence-electron chi connectivity index (χ2n) is 7.07. The lowest BCUT2D eigenvalue weighted by Gasteiger charge is -2.10. The first kappa shape index (κ1) is 21.1. The summed E-state index contributed by atoms with van der Waals surface area (Å²) in [4.78, 5) is 21.6. The van der Waals surface area contributed by atoms with Gasteiger partial charge in [-0.3, -0.25) is 4.79 Å². The van der Waals surface area contributed by atoms with E-state index in [1.807, 2.05) is 66.7 Å². The molecule has 0 saturated heterocycles. The van der Waals surface area contributed by atoms with E-state index >= 15 is 0 Å². The van der Waals surface area contributed by atoms with E-state index in [2.05, 4.69) is 15.3 Å². The van der Waals surface area contributed by atoms with Gasteiger partial charge in [0.15, 0.2) is 17.5 Å². The van der Waals surface area contributed by atoms with Crippen molar-refractivity contribution in [2.45, 2.75) is 6.42 Å². The number of benzene rings is 3. The zero-order valence-electron chi connectivity index (χ0n) is 17.0. The molecule has 0 spiro atoms. The summed E-state index contributed by atoms with van der Waals surface area (Å²) in [6.07, 6.45) is 5.12. The number of hydrogen-bond acceptors (Lipinski definition) is 3. The molecule has 32 heavy (non-hydrogen) atoms. The Hall–Kier alpha value is -4.19. The predicted octanol–water partition coefficient (Wildman–Crippen LogP) is 5.77. The van der Waals surface area contributed by atoms with Crippen LogP contribution in [0.3, 0.4) is 0 Å². The van der Waals surface area contributed by atoms with Gasteiger partial charge in [0, 0.05) is 5.56 Å². The number of nitrogens with zero attached hydrogens (tertiary/aromatic N) is 2. The van der Waals surface area contributed by atoms with Gasteiger partial charge in [0.1, 0.15) is 5.69 Å². The van der Waals surface area contributed by atoms with E-state index in [1.165, 1.54) is 6.07 Å². The smallest absolute Gasteiger partial charge is 0.230 e. The van der Waals surface area contributed by atoms with Crippen LogP contribution >= 0.6 is 0 Å². The van der Waals surface area contributed by atoms with Crippen LogP contribution in [-0.2, 0) is 11.2 Å². The minimum absolute atomic E-state index is 0.124. The summed E-state index contributed by atoms with van der Waals surface area (Å²) < 4.78 is 26.6. The highest BCUT2D eigenvalue weighted by atomic mass is 19.2. The molecule has 0 aliphatic rings. The Kier molecular flexibility index (Phi) is 6.41. The quantitative estimate of drug-likeness (QED) is 0.425. The number of carbonyl (C=O) groups excluding carboxylic acids is 1. The lowest BCUT2D eigenvalue weighted by Crippen LogP contribution is -2.17. The second kappa shape index (κ2) is 9.75. The molecule has 0 aliphatic carbocycles. The maximum absolute atomic E-state index is 13.4. The molecule has 0 atom stereocenters. The van der Waals surface area contributed by atoms with E-state index in [9.17, 15) is 13.6 Å². The summed E-state index contributed by atoms with van der Waals surface area (Å²) in [7, 11) is 0. The molecule has 0 saturated carbocycles. The van der Waals surface area contributed by atoms with Gasteiger partial charge in [-0.05, 0) is 29.3 Å². The van der Waals surface area contributed by atoms with Crippen molar-refractivity contribution in [3.63, 3.8) is 0 Å². The lowest BCUT2D eigenvalue weighted by molar-refractivity contribution is -0.115. The average Bonchev–Trinajstić information content (AvgIpc) is 2.82. The van der Waals surface area contributed by atoms with Crippen molar-refractivity contribution in [1.82, 2.24) is 9.97 Å². The molecule has 4 aromatic rings. The minimum atomic E-state index is -0.992. The molecule has 1 amide bonds. The summed E-state index contributed by atoms with van der Waals surface area (Å²) in [6, 6.07) is 22.7. The lowest BCUT2D eigenvalue weighted by atomic mass is 10.1. The summed E-state index contributed by atoms with van der Waals surface area (Å²) in [6.45, 7) is 0. The summed E-state index contributed by atoms with van der Waals surface area (Å²) >= 11 is 0. The van der Waals surface area contributed by atoms with Gasteiger partial charge in [-0.1, -0.05) is 72.8 Å². The third-order valence-electron chi connectivity index (χ3n) is 4.71. The van der Waals surface area contributed by atoms with Crippen molar-refractivity contribution in [2.75, 3.05) is 5.32 Å². The van der Waals surface area contributed by atoms with E-state index in [4.69, 9.17) is 0 Å². The Morgan fingerprint density at radius 3 is 2.31 bits per heavy atom. The normalized spacial score (nSPS) is 10.9. The Bertz CT molecular complexity index is 1260. The Morgan fingerprint density at radius 2 is 1.59 bits per heavy atom. The molecule has 0 aliphatic heterocycles. The van der Waals surface area contributed by atoms with Crippen molar-refractivity contribution in [3.05, 3.63) is 114 Å². The van der Waals surface area contributed by atoms with Gasteiger partial charge >= 0.3 is 0 Å². The van der Waals surface area contributed by atoms with Crippen molar-refractivity contribution in [1.29, 1.82) is 0 Å². The summed E-state index contributed by atoms with van der Waals surface area (Å²) in [5.41, 5.74) is 3.37. The van der Waals surface area contributed by atoms with Gasteiger partial charge in [0.05, 0.1) is 18.3 Å². The first-order valence-corrected chi connectivity index (χ1v) is 9.98. The van der Waals surface area contributed by atoms with Crippen molar-refractivity contribution in [3.8, 4) is 11.3 Å². The van der Waals surface area contributed by atoms with Gasteiger partial charge < -0.3 is 5.32 Å². The van der Waals surface area contributed by atoms with Gasteiger partial charge in [0.2, 0.25) is 5.91 Å². The van der Waals surface area contributed by atoms with Crippen LogP contribution in [0.1, 0.15) is 16.8 Å². The third-order valence-corrected chi connectivity index (χ3v) is 4.71. The number of nitrogens with one attached hydrogen (secondary N) is 1. The van der Waals surface area contributed by atoms with Crippen LogP contribution in [0.25, 0.3) is 23.4 Å². The molecule has 0 unspecified atom stereocenters. The highest BCUT2D eigenvalue weighted by Gasteiger charge is 2.12. The fraction of sp³-hybridized carbons (Fsp3) is 0.0385. The molecule has 4 rings (SSSR count). The molecule has 1 N–H and O–H groups in total. The second-order valence-corrected chi connectivity index (χ2v) is 7.07. The minimum Gasteiger partial charge on any atom is -0.309 e. The van der Waals surface area contributed by atoms with E-state index in [0.717, 1.165) is 23.3 Å². The van der Waals surface area contributed by atoms with Crippen molar-refractivity contribution >= 4 is 23.9 Å². The van der Waals surface area contributed by atoms with Gasteiger partial charge in [0.25, 0.3) is 0 Å². The third kappa shape index (κ3) is 5.29. The first-order chi connectivity index (χ1) is 15.6. The molecule has 1 aromatic heterocycles. The standard InChI is InChI=1S/C26H19F2N3O/c27-21-13-11-19(15-22(21)28)16-25(32)31-26-23(14-12-18-7-3-1-4-8-18)30-24(17-29-26)20-9-5-2-6-10-20/h1-15,17H,16H2,(H,29,31,32). The summed E-state index contributed by atoms with van der Waals surface area (Å²) in [5.74, 6) is -2.07. The van der Waals surface area contributed by atoms with Crippen LogP contribution in [0.4, 0.5) is 14.6 Å². The SMILES string of the molecule is O=C(Cc1ccc(F)c(F)c1)Nc1ncc(-c2ccccc2)nc1C=Cc1ccccc1. The van der Waals surface area contributed by atoms with Gasteiger partial charge in [-0.15, -0.1) is 0 Å². The summed E-state index contributed by atoms with van der Waals surface area (Å²) in [5, 5.41) is 2.73. The van der Waals surface area contributed by atoms with Crippen LogP contribution in [0.5, 0.6) is 0 Å².